The fourth-order valence-electron chi connectivity index (χ4n) is 3.65. The maximum absolute atomic E-state index is 3.27. The van der Waals surface area contributed by atoms with Crippen molar-refractivity contribution in [1.29, 1.82) is 0 Å². The molecule has 0 aliphatic carbocycles. The molecule has 0 N–H and O–H groups in total. The van der Waals surface area contributed by atoms with E-state index in [1.807, 2.05) is 0 Å². The second-order valence-electron chi connectivity index (χ2n) is 9.13. The molecule has 0 saturated carbocycles. The van der Waals surface area contributed by atoms with Gasteiger partial charge in [-0.2, -0.15) is 0 Å². The Hall–Kier alpha value is -4.48. The predicted octanol–water partition coefficient (Wildman–Crippen LogP) is 7.56. The molecule has 0 amide bonds. The van der Waals surface area contributed by atoms with Crippen LogP contribution in [0, 0.1) is 11.8 Å². The molecule has 2 nitrogen and oxygen atoms in total. The van der Waals surface area contributed by atoms with E-state index in [0.717, 1.165) is 22.3 Å². The Labute approximate surface area is 215 Å². The van der Waals surface area contributed by atoms with Gasteiger partial charge < -0.3 is 9.80 Å². The quantitative estimate of drug-likeness (QED) is 0.213. The van der Waals surface area contributed by atoms with E-state index in [0.29, 0.717) is 0 Å². The number of benzene rings is 4. The molecule has 0 saturated heterocycles. The summed E-state index contributed by atoms with van der Waals surface area (Å²) in [7, 11) is 8.20. The van der Waals surface area contributed by atoms with Crippen LogP contribution >= 0.6 is 0 Å². The zero-order valence-electron chi connectivity index (χ0n) is 21.4. The lowest BCUT2D eigenvalue weighted by Gasteiger charge is -2.11. The number of anilines is 2. The van der Waals surface area contributed by atoms with Gasteiger partial charge in [0.1, 0.15) is 0 Å². The van der Waals surface area contributed by atoms with Gasteiger partial charge in [0.15, 0.2) is 0 Å². The molecule has 0 aliphatic heterocycles. The Morgan fingerprint density at radius 3 is 0.889 bits per heavy atom. The maximum Gasteiger partial charge on any atom is 0.0361 e. The third kappa shape index (κ3) is 7.01. The van der Waals surface area contributed by atoms with Crippen LogP contribution in [-0.4, -0.2) is 28.2 Å². The fourth-order valence-corrected chi connectivity index (χ4v) is 3.65. The summed E-state index contributed by atoms with van der Waals surface area (Å²) in [4.78, 5) is 4.21. The van der Waals surface area contributed by atoms with Crippen molar-refractivity contribution in [2.75, 3.05) is 38.0 Å². The third-order valence-corrected chi connectivity index (χ3v) is 5.93. The average molecular weight is 469 g/mol. The molecule has 4 rings (SSSR count). The topological polar surface area (TPSA) is 6.48 Å². The molecule has 4 aromatic rings. The molecule has 0 radical (unpaired) electrons. The maximum atomic E-state index is 3.27. The van der Waals surface area contributed by atoms with E-state index in [9.17, 15) is 0 Å². The summed E-state index contributed by atoms with van der Waals surface area (Å²) in [6.07, 6.45) is 8.53. The highest BCUT2D eigenvalue weighted by Crippen LogP contribution is 2.16. The molecule has 4 aromatic carbocycles. The third-order valence-electron chi connectivity index (χ3n) is 5.93. The molecule has 0 bridgehead atoms. The van der Waals surface area contributed by atoms with Crippen LogP contribution in [-0.2, 0) is 0 Å². The number of nitrogens with zero attached hydrogens (tertiary/aromatic N) is 2. The molecular weight excluding hydrogens is 436 g/mol. The molecule has 0 atom stereocenters. The molecule has 0 fully saturated rings. The van der Waals surface area contributed by atoms with Crippen LogP contribution in [0.2, 0.25) is 0 Å². The highest BCUT2D eigenvalue weighted by Gasteiger charge is 1.96. The van der Waals surface area contributed by atoms with Crippen molar-refractivity contribution in [3.05, 3.63) is 130 Å². The lowest BCUT2D eigenvalue weighted by molar-refractivity contribution is 1.13. The van der Waals surface area contributed by atoms with Crippen molar-refractivity contribution >= 4 is 35.7 Å². The summed E-state index contributed by atoms with van der Waals surface area (Å²) in [5, 5.41) is 0. The van der Waals surface area contributed by atoms with Gasteiger partial charge in [-0.3, -0.25) is 0 Å². The second-order valence-corrected chi connectivity index (χ2v) is 9.13. The molecular formula is C34H32N2. The van der Waals surface area contributed by atoms with Gasteiger partial charge in [-0.05, 0) is 70.8 Å². The minimum absolute atomic E-state index is 1.01. The fraction of sp³-hybridized carbons (Fsp3) is 0.118. The number of hydrogen-bond donors (Lipinski definition) is 0. The van der Waals surface area contributed by atoms with Crippen LogP contribution < -0.4 is 9.80 Å². The average Bonchev–Trinajstić information content (AvgIpc) is 2.91. The van der Waals surface area contributed by atoms with E-state index in [1.54, 1.807) is 0 Å². The van der Waals surface area contributed by atoms with Crippen molar-refractivity contribution in [2.24, 2.45) is 0 Å². The van der Waals surface area contributed by atoms with Gasteiger partial charge in [0.25, 0.3) is 0 Å². The van der Waals surface area contributed by atoms with E-state index in [1.165, 1.54) is 22.5 Å². The van der Waals surface area contributed by atoms with Crippen LogP contribution in [0.3, 0.4) is 0 Å². The zero-order chi connectivity index (χ0) is 25.3. The highest BCUT2D eigenvalue weighted by molar-refractivity contribution is 5.72. The Balaban J connectivity index is 1.34. The van der Waals surface area contributed by atoms with Gasteiger partial charge in [0, 0.05) is 50.7 Å². The first-order valence-corrected chi connectivity index (χ1v) is 12.1. The van der Waals surface area contributed by atoms with E-state index < -0.39 is 0 Å². The Bertz CT molecular complexity index is 1270. The molecule has 0 heterocycles. The summed E-state index contributed by atoms with van der Waals surface area (Å²) in [6, 6.07) is 33.8. The van der Waals surface area contributed by atoms with Crippen LogP contribution in [0.1, 0.15) is 33.4 Å². The molecule has 178 valence electrons. The standard InChI is InChI=1S/C34H32N2/c1-35(2)33-23-19-31(20-24-33)17-15-29-11-7-27(8-12-29)5-6-28-9-13-30(14-10-28)16-18-32-21-25-34(26-22-32)36(3)4/h7-26H,1-4H3/b17-15+,18-16+. The van der Waals surface area contributed by atoms with E-state index in [2.05, 4.69) is 171 Å². The summed E-state index contributed by atoms with van der Waals surface area (Å²) in [5.41, 5.74) is 9.10. The van der Waals surface area contributed by atoms with E-state index >= 15 is 0 Å². The molecule has 2 heteroatoms. The van der Waals surface area contributed by atoms with Crippen molar-refractivity contribution in [3.8, 4) is 11.8 Å². The lowest BCUT2D eigenvalue weighted by atomic mass is 10.1. The van der Waals surface area contributed by atoms with Crippen LogP contribution in [0.15, 0.2) is 97.1 Å². The zero-order valence-corrected chi connectivity index (χ0v) is 21.4. The molecule has 0 unspecified atom stereocenters. The summed E-state index contributed by atoms with van der Waals surface area (Å²) < 4.78 is 0. The summed E-state index contributed by atoms with van der Waals surface area (Å²) >= 11 is 0. The number of hydrogen-bond acceptors (Lipinski definition) is 2. The first-order chi connectivity index (χ1) is 17.5. The van der Waals surface area contributed by atoms with E-state index in [4.69, 9.17) is 0 Å². The largest absolute Gasteiger partial charge is 0.378 e. The van der Waals surface area contributed by atoms with Crippen molar-refractivity contribution in [3.63, 3.8) is 0 Å². The molecule has 36 heavy (non-hydrogen) atoms. The monoisotopic (exact) mass is 468 g/mol. The van der Waals surface area contributed by atoms with Crippen LogP contribution in [0.25, 0.3) is 24.3 Å². The molecule has 0 spiro atoms. The summed E-state index contributed by atoms with van der Waals surface area (Å²) in [6.45, 7) is 0. The SMILES string of the molecule is CN(C)c1ccc(/C=C/c2ccc(C#Cc3ccc(/C=C/c4ccc(N(C)C)cc4)cc3)cc2)cc1. The normalized spacial score (nSPS) is 10.9. The van der Waals surface area contributed by atoms with Crippen molar-refractivity contribution < 1.29 is 0 Å². The minimum Gasteiger partial charge on any atom is -0.378 e. The minimum atomic E-state index is 1.01. The van der Waals surface area contributed by atoms with Gasteiger partial charge >= 0.3 is 0 Å². The Kier molecular flexibility index (Phi) is 8.06. The van der Waals surface area contributed by atoms with Gasteiger partial charge in [0.2, 0.25) is 0 Å². The van der Waals surface area contributed by atoms with E-state index in [-0.39, 0.29) is 0 Å². The summed E-state index contributed by atoms with van der Waals surface area (Å²) in [5.74, 6) is 6.54. The van der Waals surface area contributed by atoms with Gasteiger partial charge in [-0.15, -0.1) is 0 Å². The first-order valence-electron chi connectivity index (χ1n) is 12.1. The molecule has 0 aliphatic rings. The van der Waals surface area contributed by atoms with Crippen LogP contribution in [0.4, 0.5) is 11.4 Å². The van der Waals surface area contributed by atoms with Gasteiger partial charge in [-0.1, -0.05) is 84.7 Å². The Morgan fingerprint density at radius 2 is 0.639 bits per heavy atom. The van der Waals surface area contributed by atoms with Gasteiger partial charge in [-0.25, -0.2) is 0 Å². The molecule has 0 aromatic heterocycles. The number of rotatable bonds is 6. The lowest BCUT2D eigenvalue weighted by Crippen LogP contribution is -2.07. The van der Waals surface area contributed by atoms with Crippen LogP contribution in [0.5, 0.6) is 0 Å². The first kappa shape index (κ1) is 24.6. The van der Waals surface area contributed by atoms with Gasteiger partial charge in [0.05, 0.1) is 0 Å². The van der Waals surface area contributed by atoms with Crippen molar-refractivity contribution in [2.45, 2.75) is 0 Å². The predicted molar refractivity (Wildman–Crippen MR) is 158 cm³/mol. The smallest absolute Gasteiger partial charge is 0.0361 e. The Morgan fingerprint density at radius 1 is 0.389 bits per heavy atom. The van der Waals surface area contributed by atoms with Crippen molar-refractivity contribution in [1.82, 2.24) is 0 Å². The second kappa shape index (κ2) is 11.8. The highest BCUT2D eigenvalue weighted by atomic mass is 15.1.